The minimum absolute atomic E-state index is 0.237. The monoisotopic (exact) mass is 185 g/mol. The number of nitrogens with two attached hydrogens (primary N) is 1. The Morgan fingerprint density at radius 1 is 1.83 bits per heavy atom. The highest BCUT2D eigenvalue weighted by atomic mass is 32.1. The van der Waals surface area contributed by atoms with Gasteiger partial charge in [-0.15, -0.1) is 11.3 Å². The van der Waals surface area contributed by atoms with Gasteiger partial charge in [0.1, 0.15) is 0 Å². The molecular formula is C7H12N4S. The first-order chi connectivity index (χ1) is 6.27. The molecule has 0 aliphatic rings. The van der Waals surface area contributed by atoms with Crippen LogP contribution >= 0.6 is 11.3 Å². The zero-order valence-electron chi connectivity index (χ0n) is 8.03. The molecule has 1 heterocycles. The fourth-order valence-corrected chi connectivity index (χ4v) is 0.985. The van der Waals surface area contributed by atoms with E-state index < -0.39 is 0 Å². The summed E-state index contributed by atoms with van der Waals surface area (Å²) in [5.41, 5.74) is 5.35. The molecule has 0 amide bonds. The molecule has 0 radical (unpaired) electrons. The second-order valence-electron chi connectivity index (χ2n) is 1.41. The third kappa shape index (κ3) is 3.25. The number of aliphatic imine (C=N–C) groups is 1. The van der Waals surface area contributed by atoms with E-state index in [-0.39, 0.29) is 5.36 Å². The molecule has 0 aliphatic heterocycles. The van der Waals surface area contributed by atoms with Gasteiger partial charge in [0.2, 0.25) is 5.13 Å². The largest absolute Gasteiger partial charge is 0.390 e. The first kappa shape index (κ1) is 8.86. The van der Waals surface area contributed by atoms with Gasteiger partial charge < -0.3 is 11.1 Å². The smallest absolute Gasteiger partial charge is 0.211 e. The van der Waals surface area contributed by atoms with E-state index in [1.54, 1.807) is 0 Å². The van der Waals surface area contributed by atoms with E-state index in [4.69, 9.17) is 12.5 Å². The Balaban J connectivity index is 0.000000671. The molecule has 0 saturated heterocycles. The van der Waals surface area contributed by atoms with Gasteiger partial charge in [0.25, 0.3) is 0 Å². The Bertz CT molecular complexity index is 295. The lowest BCUT2D eigenvalue weighted by Gasteiger charge is -1.77. The standard InChI is InChI=1S/C5H6N4S.C2H6/c6-1-4-2-10-5(9-4)8-3-7;1-2/h1-3,6H,(H2,7,8,9);1-2H3/i2D;. The lowest BCUT2D eigenvalue weighted by Crippen LogP contribution is -1.86. The van der Waals surface area contributed by atoms with Crippen molar-refractivity contribution in [2.75, 3.05) is 0 Å². The summed E-state index contributed by atoms with van der Waals surface area (Å²) in [5, 5.41) is 7.50. The number of hydrogen-bond acceptors (Lipinski definition) is 4. The topological polar surface area (TPSA) is 75.1 Å². The van der Waals surface area contributed by atoms with Crippen LogP contribution in [0.1, 0.15) is 20.9 Å². The predicted molar refractivity (Wildman–Crippen MR) is 53.7 cm³/mol. The lowest BCUT2D eigenvalue weighted by molar-refractivity contribution is 1.33. The third-order valence-electron chi connectivity index (χ3n) is 0.785. The van der Waals surface area contributed by atoms with Crippen molar-refractivity contribution in [3.05, 3.63) is 11.1 Å². The van der Waals surface area contributed by atoms with Crippen LogP contribution in [0.4, 0.5) is 5.13 Å². The predicted octanol–water partition coefficient (Wildman–Crippen LogP) is 1.79. The van der Waals surface area contributed by atoms with Crippen LogP contribution in [0.2, 0.25) is 0 Å². The van der Waals surface area contributed by atoms with Crippen molar-refractivity contribution in [1.82, 2.24) is 4.98 Å². The van der Waals surface area contributed by atoms with E-state index in [0.29, 0.717) is 10.8 Å². The highest BCUT2D eigenvalue weighted by molar-refractivity contribution is 7.13. The zero-order valence-corrected chi connectivity index (χ0v) is 7.85. The van der Waals surface area contributed by atoms with Crippen LogP contribution in [0.5, 0.6) is 0 Å². The van der Waals surface area contributed by atoms with E-state index in [0.717, 1.165) is 23.9 Å². The minimum Gasteiger partial charge on any atom is -0.390 e. The Hall–Kier alpha value is -1.23. The van der Waals surface area contributed by atoms with Crippen molar-refractivity contribution in [3.63, 3.8) is 0 Å². The fourth-order valence-electron chi connectivity index (χ4n) is 0.427. The van der Waals surface area contributed by atoms with Crippen LogP contribution in [-0.4, -0.2) is 17.5 Å². The van der Waals surface area contributed by atoms with Gasteiger partial charge in [0.15, 0.2) is 0 Å². The van der Waals surface area contributed by atoms with Crippen molar-refractivity contribution in [2.24, 2.45) is 10.7 Å². The number of rotatable bonds is 2. The Morgan fingerprint density at radius 2 is 2.50 bits per heavy atom. The molecule has 4 nitrogen and oxygen atoms in total. The van der Waals surface area contributed by atoms with E-state index in [1.807, 2.05) is 13.8 Å². The fraction of sp³-hybridized carbons (Fsp3) is 0.286. The Labute approximate surface area is 77.1 Å². The molecule has 66 valence electrons. The maximum absolute atomic E-state index is 7.26. The SMILES string of the molecule is CC.[2H]c1sc(N=CN)nc1C=N. The minimum atomic E-state index is 0.237. The van der Waals surface area contributed by atoms with Gasteiger partial charge in [-0.3, -0.25) is 0 Å². The molecule has 0 aromatic carbocycles. The van der Waals surface area contributed by atoms with Gasteiger partial charge in [-0.05, 0) is 0 Å². The summed E-state index contributed by atoms with van der Waals surface area (Å²) in [6, 6.07) is 0. The van der Waals surface area contributed by atoms with Crippen molar-refractivity contribution in [2.45, 2.75) is 13.8 Å². The molecule has 5 heteroatoms. The molecule has 0 fully saturated rings. The second-order valence-corrected chi connectivity index (χ2v) is 2.18. The summed E-state index contributed by atoms with van der Waals surface area (Å²) in [7, 11) is 0. The quantitative estimate of drug-likeness (QED) is 0.544. The summed E-state index contributed by atoms with van der Waals surface area (Å²) in [4.78, 5) is 7.50. The molecule has 0 bridgehead atoms. The molecule has 1 rings (SSSR count). The Kier molecular flexibility index (Phi) is 4.78. The van der Waals surface area contributed by atoms with Gasteiger partial charge in [0.05, 0.1) is 13.4 Å². The molecule has 0 spiro atoms. The molecule has 1 aromatic heterocycles. The van der Waals surface area contributed by atoms with Gasteiger partial charge in [-0.25, -0.2) is 9.98 Å². The molecule has 0 unspecified atom stereocenters. The normalized spacial score (nSPS) is 10.3. The van der Waals surface area contributed by atoms with Crippen molar-refractivity contribution in [1.29, 1.82) is 5.41 Å². The number of nitrogens with one attached hydrogen (secondary N) is 1. The summed E-state index contributed by atoms with van der Waals surface area (Å²) < 4.78 is 7.26. The third-order valence-corrected chi connectivity index (χ3v) is 1.48. The molecule has 0 saturated carbocycles. The average molecular weight is 185 g/mol. The first-order valence-corrected chi connectivity index (χ1v) is 4.31. The maximum atomic E-state index is 7.26. The lowest BCUT2D eigenvalue weighted by atomic mass is 10.6. The van der Waals surface area contributed by atoms with E-state index in [2.05, 4.69) is 9.98 Å². The van der Waals surface area contributed by atoms with Gasteiger partial charge in [-0.2, -0.15) is 0 Å². The molecule has 0 aliphatic carbocycles. The molecule has 0 atom stereocenters. The van der Waals surface area contributed by atoms with Crippen LogP contribution in [-0.2, 0) is 0 Å². The van der Waals surface area contributed by atoms with Crippen LogP contribution in [0.3, 0.4) is 0 Å². The molecular weight excluding hydrogens is 172 g/mol. The first-order valence-electron chi connectivity index (χ1n) is 4.00. The molecule has 12 heavy (non-hydrogen) atoms. The van der Waals surface area contributed by atoms with Crippen LogP contribution in [0, 0.1) is 5.41 Å². The van der Waals surface area contributed by atoms with Gasteiger partial charge in [0, 0.05) is 11.6 Å². The van der Waals surface area contributed by atoms with Crippen LogP contribution in [0.15, 0.2) is 10.3 Å². The van der Waals surface area contributed by atoms with Crippen LogP contribution < -0.4 is 5.73 Å². The van der Waals surface area contributed by atoms with Gasteiger partial charge >= 0.3 is 0 Å². The number of nitrogens with zero attached hydrogens (tertiary/aromatic N) is 2. The Morgan fingerprint density at radius 3 is 2.92 bits per heavy atom. The van der Waals surface area contributed by atoms with Crippen LogP contribution in [0.25, 0.3) is 0 Å². The number of thiazole rings is 1. The number of aromatic nitrogens is 1. The second kappa shape index (κ2) is 6.48. The zero-order chi connectivity index (χ0) is 10.3. The summed E-state index contributed by atoms with van der Waals surface area (Å²) in [6.07, 6.45) is 2.14. The average Bonchev–Trinajstić information content (AvgIpc) is 2.50. The van der Waals surface area contributed by atoms with E-state index in [9.17, 15) is 0 Å². The highest BCUT2D eigenvalue weighted by Crippen LogP contribution is 2.16. The maximum Gasteiger partial charge on any atom is 0.211 e. The summed E-state index contributed by atoms with van der Waals surface area (Å²) in [6.45, 7) is 4.00. The van der Waals surface area contributed by atoms with E-state index in [1.165, 1.54) is 0 Å². The molecule has 1 aromatic rings. The van der Waals surface area contributed by atoms with Crippen molar-refractivity contribution in [3.8, 4) is 0 Å². The molecule has 3 N–H and O–H groups in total. The highest BCUT2D eigenvalue weighted by Gasteiger charge is 1.94. The van der Waals surface area contributed by atoms with E-state index >= 15 is 0 Å². The number of hydrogen-bond donors (Lipinski definition) is 2. The summed E-state index contributed by atoms with van der Waals surface area (Å²) >= 11 is 1.09. The van der Waals surface area contributed by atoms with Crippen molar-refractivity contribution < 1.29 is 1.37 Å². The van der Waals surface area contributed by atoms with Gasteiger partial charge in [-0.1, -0.05) is 13.8 Å². The van der Waals surface area contributed by atoms with Crippen molar-refractivity contribution >= 4 is 29.0 Å². The summed E-state index contributed by atoms with van der Waals surface area (Å²) in [5.74, 6) is 0.